The van der Waals surface area contributed by atoms with E-state index in [-0.39, 0.29) is 17.2 Å². The third-order valence-corrected chi connectivity index (χ3v) is 5.24. The molecule has 28 heavy (non-hydrogen) atoms. The summed E-state index contributed by atoms with van der Waals surface area (Å²) in [7, 11) is 0. The molecule has 2 aromatic carbocycles. The standard InChI is InChI=1S/C23H25N3O2/c1-23(2,3)19-11-9-17(10-12-19)22-24-21(25-28-22)18-13-20(27)26(15-18)14-16-7-5-4-6-8-16/h4-12,18H,13-15H2,1-3H3. The van der Waals surface area contributed by atoms with Crippen molar-refractivity contribution in [3.63, 3.8) is 0 Å². The van der Waals surface area contributed by atoms with E-state index >= 15 is 0 Å². The molecule has 1 unspecified atom stereocenters. The highest BCUT2D eigenvalue weighted by Crippen LogP contribution is 2.30. The van der Waals surface area contributed by atoms with Gasteiger partial charge >= 0.3 is 0 Å². The minimum atomic E-state index is -0.0254. The van der Waals surface area contributed by atoms with Crippen LogP contribution in [0.3, 0.4) is 0 Å². The molecule has 3 aromatic rings. The van der Waals surface area contributed by atoms with Crippen molar-refractivity contribution < 1.29 is 9.32 Å². The van der Waals surface area contributed by atoms with Crippen molar-refractivity contribution in [2.45, 2.75) is 45.1 Å². The zero-order valence-corrected chi connectivity index (χ0v) is 16.6. The first-order valence-electron chi connectivity index (χ1n) is 9.66. The van der Waals surface area contributed by atoms with Crippen LogP contribution in [0.4, 0.5) is 0 Å². The lowest BCUT2D eigenvalue weighted by Crippen LogP contribution is -2.24. The van der Waals surface area contributed by atoms with Crippen LogP contribution in [0.5, 0.6) is 0 Å². The van der Waals surface area contributed by atoms with Crippen LogP contribution in [0.2, 0.25) is 0 Å². The van der Waals surface area contributed by atoms with Crippen molar-refractivity contribution in [1.29, 1.82) is 0 Å². The molecule has 1 atom stereocenters. The molecule has 2 heterocycles. The highest BCUT2D eigenvalue weighted by atomic mass is 16.5. The van der Waals surface area contributed by atoms with Crippen LogP contribution < -0.4 is 0 Å². The van der Waals surface area contributed by atoms with Crippen LogP contribution in [0, 0.1) is 0 Å². The van der Waals surface area contributed by atoms with Gasteiger partial charge in [0.1, 0.15) is 0 Å². The van der Waals surface area contributed by atoms with Crippen molar-refractivity contribution in [2.75, 3.05) is 6.54 Å². The molecule has 1 saturated heterocycles. The zero-order chi connectivity index (χ0) is 19.7. The van der Waals surface area contributed by atoms with Gasteiger partial charge in [-0.15, -0.1) is 0 Å². The third-order valence-electron chi connectivity index (χ3n) is 5.24. The van der Waals surface area contributed by atoms with E-state index in [1.54, 1.807) is 0 Å². The summed E-state index contributed by atoms with van der Waals surface area (Å²) < 4.78 is 5.49. The average Bonchev–Trinajstić information content (AvgIpc) is 3.30. The van der Waals surface area contributed by atoms with Crippen molar-refractivity contribution in [3.8, 4) is 11.5 Å². The van der Waals surface area contributed by atoms with Crippen LogP contribution in [-0.2, 0) is 16.8 Å². The molecule has 144 valence electrons. The van der Waals surface area contributed by atoms with E-state index in [1.807, 2.05) is 47.4 Å². The third kappa shape index (κ3) is 3.84. The number of hydrogen-bond acceptors (Lipinski definition) is 4. The molecule has 5 heteroatoms. The lowest BCUT2D eigenvalue weighted by atomic mass is 9.87. The summed E-state index contributed by atoms with van der Waals surface area (Å²) in [4.78, 5) is 18.9. The second-order valence-electron chi connectivity index (χ2n) is 8.45. The molecule has 0 aliphatic carbocycles. The second kappa shape index (κ2) is 7.23. The van der Waals surface area contributed by atoms with Crippen molar-refractivity contribution in [1.82, 2.24) is 15.0 Å². The average molecular weight is 375 g/mol. The van der Waals surface area contributed by atoms with E-state index < -0.39 is 0 Å². The highest BCUT2D eigenvalue weighted by molar-refractivity contribution is 5.79. The summed E-state index contributed by atoms with van der Waals surface area (Å²) in [5.74, 6) is 1.22. The Bertz CT molecular complexity index is 956. The van der Waals surface area contributed by atoms with Gasteiger partial charge in [0.15, 0.2) is 5.82 Å². The fourth-order valence-corrected chi connectivity index (χ4v) is 3.53. The van der Waals surface area contributed by atoms with Gasteiger partial charge in [-0.05, 0) is 28.7 Å². The van der Waals surface area contributed by atoms with Crippen LogP contribution in [0.1, 0.15) is 50.1 Å². The minimum Gasteiger partial charge on any atom is -0.338 e. The minimum absolute atomic E-state index is 0.0254. The molecule has 1 aliphatic heterocycles. The van der Waals surface area contributed by atoms with Gasteiger partial charge in [-0.2, -0.15) is 4.98 Å². The van der Waals surface area contributed by atoms with Gasteiger partial charge in [0.2, 0.25) is 5.91 Å². The molecule has 5 nitrogen and oxygen atoms in total. The molecule has 4 rings (SSSR count). The van der Waals surface area contributed by atoms with Crippen LogP contribution in [0.25, 0.3) is 11.5 Å². The number of hydrogen-bond donors (Lipinski definition) is 0. The fraction of sp³-hybridized carbons (Fsp3) is 0.348. The number of carbonyl (C=O) groups excluding carboxylic acids is 1. The number of carbonyl (C=O) groups is 1. The Hall–Kier alpha value is -2.95. The maximum atomic E-state index is 12.4. The molecule has 0 radical (unpaired) electrons. The normalized spacial score (nSPS) is 17.3. The van der Waals surface area contributed by atoms with E-state index in [1.165, 1.54) is 5.56 Å². The van der Waals surface area contributed by atoms with Crippen LogP contribution in [-0.4, -0.2) is 27.5 Å². The van der Waals surface area contributed by atoms with E-state index in [4.69, 9.17) is 4.52 Å². The number of aromatic nitrogens is 2. The van der Waals surface area contributed by atoms with E-state index in [0.29, 0.717) is 31.2 Å². The molecule has 1 aromatic heterocycles. The Morgan fingerprint density at radius 1 is 1.07 bits per heavy atom. The predicted octanol–water partition coefficient (Wildman–Crippen LogP) is 4.55. The summed E-state index contributed by atoms with van der Waals surface area (Å²) in [6, 6.07) is 18.3. The first-order chi connectivity index (χ1) is 13.4. The lowest BCUT2D eigenvalue weighted by molar-refractivity contribution is -0.128. The van der Waals surface area contributed by atoms with Crippen molar-refractivity contribution >= 4 is 5.91 Å². The monoisotopic (exact) mass is 375 g/mol. The highest BCUT2D eigenvalue weighted by Gasteiger charge is 2.33. The van der Waals surface area contributed by atoms with Gasteiger partial charge in [0.05, 0.1) is 0 Å². The second-order valence-corrected chi connectivity index (χ2v) is 8.45. The Balaban J connectivity index is 1.46. The molecule has 1 aliphatic rings. The largest absolute Gasteiger partial charge is 0.338 e. The summed E-state index contributed by atoms with van der Waals surface area (Å²) in [5, 5.41) is 4.16. The number of rotatable bonds is 4. The van der Waals surface area contributed by atoms with Gasteiger partial charge in [0, 0.05) is 31.0 Å². The Labute approximate surface area is 165 Å². The van der Waals surface area contributed by atoms with E-state index in [0.717, 1.165) is 11.1 Å². The molecule has 0 N–H and O–H groups in total. The maximum absolute atomic E-state index is 12.4. The van der Waals surface area contributed by atoms with Gasteiger partial charge < -0.3 is 9.42 Å². The van der Waals surface area contributed by atoms with Crippen LogP contribution >= 0.6 is 0 Å². The van der Waals surface area contributed by atoms with E-state index in [9.17, 15) is 4.79 Å². The van der Waals surface area contributed by atoms with Crippen molar-refractivity contribution in [3.05, 3.63) is 71.5 Å². The Morgan fingerprint density at radius 3 is 2.46 bits per heavy atom. The lowest BCUT2D eigenvalue weighted by Gasteiger charge is -2.18. The zero-order valence-electron chi connectivity index (χ0n) is 16.6. The molecule has 0 spiro atoms. The fourth-order valence-electron chi connectivity index (χ4n) is 3.53. The summed E-state index contributed by atoms with van der Waals surface area (Å²) >= 11 is 0. The molecular formula is C23H25N3O2. The smallest absolute Gasteiger partial charge is 0.257 e. The molecule has 0 bridgehead atoms. The van der Waals surface area contributed by atoms with Gasteiger partial charge in [-0.3, -0.25) is 4.79 Å². The first kappa shape index (κ1) is 18.4. The SMILES string of the molecule is CC(C)(C)c1ccc(-c2nc(C3CC(=O)N(Cc4ccccc4)C3)no2)cc1. The molecule has 0 saturated carbocycles. The number of nitrogens with zero attached hydrogens (tertiary/aromatic N) is 3. The van der Waals surface area contributed by atoms with Gasteiger partial charge in [-0.1, -0.05) is 68.4 Å². The quantitative estimate of drug-likeness (QED) is 0.671. The summed E-state index contributed by atoms with van der Waals surface area (Å²) in [6.45, 7) is 7.80. The van der Waals surface area contributed by atoms with Gasteiger partial charge in [0.25, 0.3) is 5.89 Å². The Kier molecular flexibility index (Phi) is 4.75. The number of benzene rings is 2. The maximum Gasteiger partial charge on any atom is 0.257 e. The first-order valence-corrected chi connectivity index (χ1v) is 9.66. The summed E-state index contributed by atoms with van der Waals surface area (Å²) in [5.41, 5.74) is 3.39. The predicted molar refractivity (Wildman–Crippen MR) is 108 cm³/mol. The van der Waals surface area contributed by atoms with E-state index in [2.05, 4.69) is 43.0 Å². The topological polar surface area (TPSA) is 59.2 Å². The number of likely N-dealkylation sites (tertiary alicyclic amines) is 1. The summed E-state index contributed by atoms with van der Waals surface area (Å²) in [6.07, 6.45) is 0.425. The Morgan fingerprint density at radius 2 is 1.79 bits per heavy atom. The van der Waals surface area contributed by atoms with Crippen LogP contribution in [0.15, 0.2) is 59.1 Å². The molecular weight excluding hydrogens is 350 g/mol. The van der Waals surface area contributed by atoms with Gasteiger partial charge in [-0.25, -0.2) is 0 Å². The molecule has 1 amide bonds. The number of amides is 1. The molecule has 1 fully saturated rings. The van der Waals surface area contributed by atoms with Crippen molar-refractivity contribution in [2.24, 2.45) is 0 Å².